The number of benzene rings is 1. The van der Waals surface area contributed by atoms with Crippen molar-refractivity contribution in [3.8, 4) is 0 Å². The van der Waals surface area contributed by atoms with E-state index in [9.17, 15) is 9.59 Å². The summed E-state index contributed by atoms with van der Waals surface area (Å²) in [6, 6.07) is 7.15. The van der Waals surface area contributed by atoms with Gasteiger partial charge < -0.3 is 5.32 Å². The van der Waals surface area contributed by atoms with E-state index >= 15 is 0 Å². The number of hydrogen-bond acceptors (Lipinski definition) is 3. The molecule has 0 radical (unpaired) electrons. The van der Waals surface area contributed by atoms with Crippen LogP contribution < -0.4 is 10.7 Å². The molecule has 1 fully saturated rings. The number of carbonyl (C=O) groups is 2. The standard InChI is InChI=1S/C13H14ClN3O2/c14-11-6-2-1-4-9(11)8-16-17-13(19)10-5-3-7-15-12(10)18/h1-2,4,6,8,10H,3,5,7H2,(H,15,18)(H,17,19). The van der Waals surface area contributed by atoms with Crippen molar-refractivity contribution in [2.24, 2.45) is 11.0 Å². The van der Waals surface area contributed by atoms with Crippen molar-refractivity contribution >= 4 is 29.6 Å². The number of halogens is 1. The Kier molecular flexibility index (Phi) is 4.52. The number of amides is 2. The van der Waals surface area contributed by atoms with Gasteiger partial charge in [-0.25, -0.2) is 5.43 Å². The molecule has 0 aromatic heterocycles. The molecule has 0 saturated carbocycles. The molecule has 1 aliphatic rings. The van der Waals surface area contributed by atoms with Crippen LogP contribution in [-0.2, 0) is 9.59 Å². The van der Waals surface area contributed by atoms with Gasteiger partial charge in [-0.15, -0.1) is 0 Å². The Morgan fingerprint density at radius 2 is 2.26 bits per heavy atom. The highest BCUT2D eigenvalue weighted by Crippen LogP contribution is 2.13. The van der Waals surface area contributed by atoms with Crippen LogP contribution in [0.4, 0.5) is 0 Å². The molecule has 1 atom stereocenters. The largest absolute Gasteiger partial charge is 0.355 e. The van der Waals surface area contributed by atoms with E-state index in [0.717, 1.165) is 6.42 Å². The zero-order valence-corrected chi connectivity index (χ0v) is 11.0. The van der Waals surface area contributed by atoms with Crippen LogP contribution in [0.15, 0.2) is 29.4 Å². The third-order valence-corrected chi connectivity index (χ3v) is 3.23. The van der Waals surface area contributed by atoms with Crippen LogP contribution in [0.2, 0.25) is 5.02 Å². The number of rotatable bonds is 3. The topological polar surface area (TPSA) is 70.6 Å². The van der Waals surface area contributed by atoms with Crippen molar-refractivity contribution in [2.75, 3.05) is 6.54 Å². The molecule has 0 bridgehead atoms. The van der Waals surface area contributed by atoms with Gasteiger partial charge in [0.05, 0.1) is 6.21 Å². The molecule has 2 N–H and O–H groups in total. The number of piperidine rings is 1. The van der Waals surface area contributed by atoms with Gasteiger partial charge in [-0.1, -0.05) is 29.8 Å². The molecule has 1 unspecified atom stereocenters. The highest BCUT2D eigenvalue weighted by molar-refractivity contribution is 6.33. The molecule has 100 valence electrons. The Labute approximate surface area is 116 Å². The second kappa shape index (κ2) is 6.33. The first-order valence-electron chi connectivity index (χ1n) is 6.03. The van der Waals surface area contributed by atoms with E-state index in [4.69, 9.17) is 11.6 Å². The van der Waals surface area contributed by atoms with Crippen molar-refractivity contribution in [1.29, 1.82) is 0 Å². The minimum Gasteiger partial charge on any atom is -0.355 e. The maximum absolute atomic E-state index is 11.8. The highest BCUT2D eigenvalue weighted by atomic mass is 35.5. The zero-order valence-electron chi connectivity index (χ0n) is 10.2. The summed E-state index contributed by atoms with van der Waals surface area (Å²) in [7, 11) is 0. The molecule has 1 heterocycles. The summed E-state index contributed by atoms with van der Waals surface area (Å²) in [5, 5.41) is 7.03. The molecule has 1 saturated heterocycles. The quantitative estimate of drug-likeness (QED) is 0.498. The number of nitrogens with one attached hydrogen (secondary N) is 2. The monoisotopic (exact) mass is 279 g/mol. The van der Waals surface area contributed by atoms with Gasteiger partial charge in [0.2, 0.25) is 5.91 Å². The minimum absolute atomic E-state index is 0.239. The molecule has 0 spiro atoms. The molecular formula is C13H14ClN3O2. The van der Waals surface area contributed by atoms with Crippen LogP contribution in [0.3, 0.4) is 0 Å². The molecule has 5 nitrogen and oxygen atoms in total. The minimum atomic E-state index is -0.655. The van der Waals surface area contributed by atoms with E-state index in [2.05, 4.69) is 15.8 Å². The second-order valence-electron chi connectivity index (χ2n) is 4.24. The summed E-state index contributed by atoms with van der Waals surface area (Å²) in [6.07, 6.45) is 2.82. The average Bonchev–Trinajstić information content (AvgIpc) is 2.41. The Bertz CT molecular complexity index is 516. The molecule has 2 amide bonds. The lowest BCUT2D eigenvalue weighted by Crippen LogP contribution is -2.43. The maximum Gasteiger partial charge on any atom is 0.252 e. The summed E-state index contributed by atoms with van der Waals surface area (Å²) in [4.78, 5) is 23.2. The second-order valence-corrected chi connectivity index (χ2v) is 4.65. The predicted octanol–water partition coefficient (Wildman–Crippen LogP) is 1.32. The lowest BCUT2D eigenvalue weighted by atomic mass is 9.98. The van der Waals surface area contributed by atoms with Crippen molar-refractivity contribution in [3.63, 3.8) is 0 Å². The van der Waals surface area contributed by atoms with Crippen LogP contribution in [0.1, 0.15) is 18.4 Å². The first-order valence-corrected chi connectivity index (χ1v) is 6.41. The SMILES string of the molecule is O=C1NCCCC1C(=O)NN=Cc1ccccc1Cl. The van der Waals surface area contributed by atoms with Gasteiger partial charge in [-0.2, -0.15) is 5.10 Å². The van der Waals surface area contributed by atoms with Crippen LogP contribution in [-0.4, -0.2) is 24.6 Å². The summed E-state index contributed by atoms with van der Waals surface area (Å²) in [5.74, 6) is -1.28. The van der Waals surface area contributed by atoms with Crippen molar-refractivity contribution in [2.45, 2.75) is 12.8 Å². The number of carbonyl (C=O) groups excluding carboxylic acids is 2. The molecule has 19 heavy (non-hydrogen) atoms. The molecule has 2 rings (SSSR count). The Balaban J connectivity index is 1.93. The Morgan fingerprint density at radius 1 is 1.47 bits per heavy atom. The van der Waals surface area contributed by atoms with Crippen LogP contribution in [0.25, 0.3) is 0 Å². The molecule has 6 heteroatoms. The van der Waals surface area contributed by atoms with Gasteiger partial charge in [-0.05, 0) is 18.9 Å². The predicted molar refractivity (Wildman–Crippen MR) is 72.9 cm³/mol. The van der Waals surface area contributed by atoms with Gasteiger partial charge in [0.1, 0.15) is 5.92 Å². The summed E-state index contributed by atoms with van der Waals surface area (Å²) in [6.45, 7) is 0.630. The Hall–Kier alpha value is -1.88. The first-order chi connectivity index (χ1) is 9.18. The van der Waals surface area contributed by atoms with Crippen LogP contribution in [0, 0.1) is 5.92 Å². The summed E-state index contributed by atoms with van der Waals surface area (Å²) < 4.78 is 0. The zero-order chi connectivity index (χ0) is 13.7. The van der Waals surface area contributed by atoms with E-state index in [1.807, 2.05) is 12.1 Å². The van der Waals surface area contributed by atoms with E-state index in [0.29, 0.717) is 23.6 Å². The third kappa shape index (κ3) is 3.54. The fraction of sp³-hybridized carbons (Fsp3) is 0.308. The summed E-state index contributed by atoms with van der Waals surface area (Å²) >= 11 is 5.94. The van der Waals surface area contributed by atoms with E-state index in [-0.39, 0.29) is 11.8 Å². The number of nitrogens with zero attached hydrogens (tertiary/aromatic N) is 1. The van der Waals surface area contributed by atoms with Gasteiger partial charge in [0.25, 0.3) is 5.91 Å². The fourth-order valence-corrected chi connectivity index (χ4v) is 2.03. The van der Waals surface area contributed by atoms with E-state index < -0.39 is 5.92 Å². The van der Waals surface area contributed by atoms with Crippen LogP contribution in [0.5, 0.6) is 0 Å². The smallest absolute Gasteiger partial charge is 0.252 e. The molecule has 1 aromatic carbocycles. The average molecular weight is 280 g/mol. The van der Waals surface area contributed by atoms with Gasteiger partial charge in [-0.3, -0.25) is 9.59 Å². The van der Waals surface area contributed by atoms with Crippen LogP contribution >= 0.6 is 11.6 Å². The number of hydrazone groups is 1. The van der Waals surface area contributed by atoms with Crippen molar-refractivity contribution in [1.82, 2.24) is 10.7 Å². The van der Waals surface area contributed by atoms with E-state index in [1.165, 1.54) is 6.21 Å². The molecule has 1 aromatic rings. The van der Waals surface area contributed by atoms with E-state index in [1.54, 1.807) is 12.1 Å². The molecule has 0 aliphatic carbocycles. The van der Waals surface area contributed by atoms with Gasteiger partial charge in [0.15, 0.2) is 0 Å². The Morgan fingerprint density at radius 3 is 3.00 bits per heavy atom. The highest BCUT2D eigenvalue weighted by Gasteiger charge is 2.28. The first kappa shape index (κ1) is 13.5. The maximum atomic E-state index is 11.8. The van der Waals surface area contributed by atoms with Crippen molar-refractivity contribution < 1.29 is 9.59 Å². The summed E-state index contributed by atoms with van der Waals surface area (Å²) in [5.41, 5.74) is 3.08. The van der Waals surface area contributed by atoms with Gasteiger partial charge >= 0.3 is 0 Å². The lowest BCUT2D eigenvalue weighted by molar-refractivity contribution is -0.136. The van der Waals surface area contributed by atoms with Gasteiger partial charge in [0, 0.05) is 17.1 Å². The fourth-order valence-electron chi connectivity index (χ4n) is 1.85. The lowest BCUT2D eigenvalue weighted by Gasteiger charge is -2.19. The molecule has 1 aliphatic heterocycles. The third-order valence-electron chi connectivity index (χ3n) is 2.89. The number of hydrogen-bond donors (Lipinski definition) is 2. The van der Waals surface area contributed by atoms with Crippen molar-refractivity contribution in [3.05, 3.63) is 34.9 Å². The molecular weight excluding hydrogens is 266 g/mol. The normalized spacial score (nSPS) is 19.2.